The van der Waals surface area contributed by atoms with E-state index in [2.05, 4.69) is 24.1 Å². The zero-order valence-corrected chi connectivity index (χ0v) is 12.2. The van der Waals surface area contributed by atoms with E-state index in [-0.39, 0.29) is 10.6 Å². The van der Waals surface area contributed by atoms with Crippen molar-refractivity contribution in [3.8, 4) is 0 Å². The van der Waals surface area contributed by atoms with Crippen molar-refractivity contribution in [2.24, 2.45) is 0 Å². The maximum absolute atomic E-state index is 11.2. The fraction of sp³-hybridized carbons (Fsp3) is 0.375. The van der Waals surface area contributed by atoms with E-state index in [0.29, 0.717) is 17.5 Å². The topological polar surface area (TPSA) is 58.4 Å². The number of nitro groups is 1. The quantitative estimate of drug-likeness (QED) is 0.681. The van der Waals surface area contributed by atoms with E-state index in [4.69, 9.17) is 0 Å². The number of nitrogens with one attached hydrogen (secondary N) is 1. The third-order valence-electron chi connectivity index (χ3n) is 3.97. The lowest BCUT2D eigenvalue weighted by Crippen LogP contribution is -2.54. The van der Waals surface area contributed by atoms with Gasteiger partial charge in [0.25, 0.3) is 5.69 Å². The van der Waals surface area contributed by atoms with Crippen LogP contribution in [0.25, 0.3) is 10.8 Å². The molecule has 1 saturated heterocycles. The monoisotopic (exact) mass is 285 g/mol. The highest BCUT2D eigenvalue weighted by Crippen LogP contribution is 2.34. The van der Waals surface area contributed by atoms with E-state index in [1.165, 1.54) is 0 Å². The van der Waals surface area contributed by atoms with Gasteiger partial charge in [-0.05, 0) is 26.0 Å². The summed E-state index contributed by atoms with van der Waals surface area (Å²) in [6, 6.07) is 11.9. The van der Waals surface area contributed by atoms with Gasteiger partial charge in [0.2, 0.25) is 0 Å². The van der Waals surface area contributed by atoms with E-state index in [1.807, 2.05) is 30.3 Å². The van der Waals surface area contributed by atoms with Gasteiger partial charge >= 0.3 is 0 Å². The van der Waals surface area contributed by atoms with Crippen molar-refractivity contribution in [1.82, 2.24) is 5.32 Å². The Morgan fingerprint density at radius 2 is 1.71 bits per heavy atom. The maximum Gasteiger partial charge on any atom is 0.277 e. The molecule has 0 bridgehead atoms. The molecule has 2 atom stereocenters. The summed E-state index contributed by atoms with van der Waals surface area (Å²) in [4.78, 5) is 13.2. The van der Waals surface area contributed by atoms with Gasteiger partial charge in [-0.1, -0.05) is 18.2 Å². The molecule has 2 aromatic carbocycles. The SMILES string of the molecule is C[C@@H]1CN(c2ccc([N+](=O)[O-])c3ccccc23)C[C@H](C)N1. The zero-order chi connectivity index (χ0) is 15.0. The van der Waals surface area contributed by atoms with Crippen LogP contribution in [-0.2, 0) is 0 Å². The molecule has 0 aliphatic carbocycles. The molecule has 5 heteroatoms. The lowest BCUT2D eigenvalue weighted by molar-refractivity contribution is -0.383. The van der Waals surface area contributed by atoms with Gasteiger partial charge in [-0.3, -0.25) is 10.1 Å². The molecule has 5 nitrogen and oxygen atoms in total. The van der Waals surface area contributed by atoms with Crippen LogP contribution in [0, 0.1) is 10.1 Å². The van der Waals surface area contributed by atoms with Gasteiger partial charge in [-0.15, -0.1) is 0 Å². The number of rotatable bonds is 2. The molecule has 1 N–H and O–H groups in total. The van der Waals surface area contributed by atoms with Crippen LogP contribution in [0.2, 0.25) is 0 Å². The van der Waals surface area contributed by atoms with Crippen molar-refractivity contribution < 1.29 is 4.92 Å². The number of piperazine rings is 1. The molecule has 3 rings (SSSR count). The highest BCUT2D eigenvalue weighted by Gasteiger charge is 2.24. The van der Waals surface area contributed by atoms with Crippen LogP contribution in [0.4, 0.5) is 11.4 Å². The third kappa shape index (κ3) is 2.56. The van der Waals surface area contributed by atoms with Crippen molar-refractivity contribution in [3.05, 3.63) is 46.5 Å². The largest absolute Gasteiger partial charge is 0.368 e. The van der Waals surface area contributed by atoms with Crippen molar-refractivity contribution in [2.75, 3.05) is 18.0 Å². The van der Waals surface area contributed by atoms with Crippen molar-refractivity contribution in [1.29, 1.82) is 0 Å². The summed E-state index contributed by atoms with van der Waals surface area (Å²) in [6.45, 7) is 6.14. The van der Waals surface area contributed by atoms with Crippen LogP contribution in [0.15, 0.2) is 36.4 Å². The Balaban J connectivity index is 2.11. The molecule has 0 unspecified atom stereocenters. The first-order valence-electron chi connectivity index (χ1n) is 7.23. The maximum atomic E-state index is 11.2. The fourth-order valence-electron chi connectivity index (χ4n) is 3.23. The molecular weight excluding hydrogens is 266 g/mol. The highest BCUT2D eigenvalue weighted by molar-refractivity contribution is 6.00. The molecule has 0 amide bonds. The minimum Gasteiger partial charge on any atom is -0.368 e. The number of hydrogen-bond donors (Lipinski definition) is 1. The first-order valence-corrected chi connectivity index (χ1v) is 7.23. The Hall–Kier alpha value is -2.14. The zero-order valence-electron chi connectivity index (χ0n) is 12.2. The number of nitro benzene ring substituents is 1. The van der Waals surface area contributed by atoms with E-state index in [0.717, 1.165) is 24.2 Å². The van der Waals surface area contributed by atoms with Gasteiger partial charge in [0.05, 0.1) is 10.3 Å². The molecule has 2 aromatic rings. The van der Waals surface area contributed by atoms with Gasteiger partial charge in [-0.2, -0.15) is 0 Å². The number of non-ortho nitro benzene ring substituents is 1. The molecule has 0 radical (unpaired) electrons. The molecule has 0 saturated carbocycles. The van der Waals surface area contributed by atoms with E-state index in [9.17, 15) is 10.1 Å². The number of fused-ring (bicyclic) bond motifs is 1. The van der Waals surface area contributed by atoms with Crippen LogP contribution in [0.1, 0.15) is 13.8 Å². The summed E-state index contributed by atoms with van der Waals surface area (Å²) in [6.07, 6.45) is 0. The Kier molecular flexibility index (Phi) is 3.51. The first-order chi connectivity index (χ1) is 10.1. The molecule has 1 heterocycles. The molecule has 21 heavy (non-hydrogen) atoms. The van der Waals surface area contributed by atoms with Gasteiger partial charge < -0.3 is 10.2 Å². The van der Waals surface area contributed by atoms with E-state index in [1.54, 1.807) is 6.07 Å². The Bertz CT molecular complexity index is 676. The van der Waals surface area contributed by atoms with Crippen LogP contribution in [0.5, 0.6) is 0 Å². The highest BCUT2D eigenvalue weighted by atomic mass is 16.6. The summed E-state index contributed by atoms with van der Waals surface area (Å²) in [5, 5.41) is 16.4. The average molecular weight is 285 g/mol. The predicted octanol–water partition coefficient (Wildman–Crippen LogP) is 2.93. The molecule has 0 spiro atoms. The third-order valence-corrected chi connectivity index (χ3v) is 3.97. The van der Waals surface area contributed by atoms with E-state index >= 15 is 0 Å². The lowest BCUT2D eigenvalue weighted by Gasteiger charge is -2.38. The van der Waals surface area contributed by atoms with Crippen LogP contribution >= 0.6 is 0 Å². The normalized spacial score (nSPS) is 22.5. The molecular formula is C16H19N3O2. The second kappa shape index (κ2) is 5.33. The predicted molar refractivity (Wildman–Crippen MR) is 84.9 cm³/mol. The van der Waals surface area contributed by atoms with Gasteiger partial charge in [0.15, 0.2) is 0 Å². The number of anilines is 1. The Labute approximate surface area is 123 Å². The smallest absolute Gasteiger partial charge is 0.277 e. The summed E-state index contributed by atoms with van der Waals surface area (Å²) in [7, 11) is 0. The molecule has 110 valence electrons. The summed E-state index contributed by atoms with van der Waals surface area (Å²) in [5.41, 5.74) is 1.25. The minimum atomic E-state index is -0.310. The average Bonchev–Trinajstić information content (AvgIpc) is 2.44. The number of hydrogen-bond acceptors (Lipinski definition) is 4. The number of nitrogens with zero attached hydrogens (tertiary/aromatic N) is 2. The fourth-order valence-corrected chi connectivity index (χ4v) is 3.23. The second-order valence-corrected chi connectivity index (χ2v) is 5.78. The van der Waals surface area contributed by atoms with Gasteiger partial charge in [0.1, 0.15) is 0 Å². The second-order valence-electron chi connectivity index (χ2n) is 5.78. The Morgan fingerprint density at radius 1 is 1.10 bits per heavy atom. The first kappa shape index (κ1) is 13.8. The number of benzene rings is 2. The molecule has 1 aliphatic rings. The van der Waals surface area contributed by atoms with E-state index < -0.39 is 0 Å². The molecule has 0 aromatic heterocycles. The minimum absolute atomic E-state index is 0.172. The van der Waals surface area contributed by atoms with Gasteiger partial charge in [0, 0.05) is 42.3 Å². The lowest BCUT2D eigenvalue weighted by atomic mass is 10.0. The Morgan fingerprint density at radius 3 is 2.33 bits per heavy atom. The van der Waals surface area contributed by atoms with Crippen LogP contribution in [-0.4, -0.2) is 30.1 Å². The molecule has 1 fully saturated rings. The summed E-state index contributed by atoms with van der Waals surface area (Å²) < 4.78 is 0. The standard InChI is InChI=1S/C16H19N3O2/c1-11-9-18(10-12(2)17-11)15-7-8-16(19(20)21)14-6-4-3-5-13(14)15/h3-8,11-12,17H,9-10H2,1-2H3/t11-,12+. The summed E-state index contributed by atoms with van der Waals surface area (Å²) >= 11 is 0. The van der Waals surface area contributed by atoms with Gasteiger partial charge in [-0.25, -0.2) is 0 Å². The van der Waals surface area contributed by atoms with Crippen LogP contribution < -0.4 is 10.2 Å². The van der Waals surface area contributed by atoms with Crippen LogP contribution in [0.3, 0.4) is 0 Å². The van der Waals surface area contributed by atoms with Crippen molar-refractivity contribution in [2.45, 2.75) is 25.9 Å². The summed E-state index contributed by atoms with van der Waals surface area (Å²) in [5.74, 6) is 0. The molecule has 1 aliphatic heterocycles. The van der Waals surface area contributed by atoms with Crippen molar-refractivity contribution >= 4 is 22.1 Å². The van der Waals surface area contributed by atoms with Crippen molar-refractivity contribution in [3.63, 3.8) is 0 Å².